The SMILES string of the molecule is Cc1ccc(-n2nc(-c3ccccc3)c3c2N(CC(=O)Nc2ccccc2)C(=O)CS[C@@H]3c2ccccc2Cl)cc1. The van der Waals surface area contributed by atoms with Crippen LogP contribution in [0.15, 0.2) is 109 Å². The van der Waals surface area contributed by atoms with Crippen LogP contribution >= 0.6 is 23.4 Å². The van der Waals surface area contributed by atoms with Crippen molar-refractivity contribution in [3.05, 3.63) is 131 Å². The Morgan fingerprint density at radius 1 is 0.927 bits per heavy atom. The van der Waals surface area contributed by atoms with Crippen LogP contribution in [0.1, 0.15) is 21.9 Å². The zero-order chi connectivity index (χ0) is 28.3. The van der Waals surface area contributed by atoms with Crippen LogP contribution in [0.2, 0.25) is 5.02 Å². The van der Waals surface area contributed by atoms with Crippen molar-refractivity contribution in [1.29, 1.82) is 0 Å². The number of fused-ring (bicyclic) bond motifs is 1. The van der Waals surface area contributed by atoms with E-state index >= 15 is 0 Å². The molecule has 1 aliphatic heterocycles. The highest BCUT2D eigenvalue weighted by atomic mass is 35.5. The Morgan fingerprint density at radius 3 is 2.29 bits per heavy atom. The van der Waals surface area contributed by atoms with E-state index in [0.717, 1.165) is 33.6 Å². The fraction of sp³-hybridized carbons (Fsp3) is 0.121. The predicted molar refractivity (Wildman–Crippen MR) is 167 cm³/mol. The molecular formula is C33H27ClN4O2S. The molecule has 0 bridgehead atoms. The van der Waals surface area contributed by atoms with E-state index in [-0.39, 0.29) is 29.4 Å². The molecule has 2 amide bonds. The first-order valence-electron chi connectivity index (χ1n) is 13.3. The summed E-state index contributed by atoms with van der Waals surface area (Å²) in [5, 5.41) is 8.37. The topological polar surface area (TPSA) is 67.2 Å². The number of amides is 2. The number of nitrogens with one attached hydrogen (secondary N) is 1. The molecule has 204 valence electrons. The molecule has 1 N–H and O–H groups in total. The molecule has 0 radical (unpaired) electrons. The quantitative estimate of drug-likeness (QED) is 0.229. The fourth-order valence-corrected chi connectivity index (χ4v) is 6.54. The second-order valence-corrected chi connectivity index (χ2v) is 11.3. The molecule has 0 saturated heterocycles. The number of halogens is 1. The Balaban J connectivity index is 1.57. The molecule has 6 nitrogen and oxygen atoms in total. The lowest BCUT2D eigenvalue weighted by Gasteiger charge is -2.23. The number of aryl methyl sites for hydroxylation is 1. The summed E-state index contributed by atoms with van der Waals surface area (Å²) in [5.74, 6) is 0.262. The minimum atomic E-state index is -0.297. The van der Waals surface area contributed by atoms with Gasteiger partial charge in [0.25, 0.3) is 0 Å². The maximum Gasteiger partial charge on any atom is 0.244 e. The molecule has 0 aliphatic carbocycles. The fourth-order valence-electron chi connectivity index (χ4n) is 4.99. The number of para-hydroxylation sites is 1. The van der Waals surface area contributed by atoms with Crippen molar-refractivity contribution in [1.82, 2.24) is 9.78 Å². The third-order valence-corrected chi connectivity index (χ3v) is 8.54. The van der Waals surface area contributed by atoms with Gasteiger partial charge < -0.3 is 5.32 Å². The number of anilines is 2. The minimum absolute atomic E-state index is 0.164. The number of carbonyl (C=O) groups excluding carboxylic acids is 2. The molecule has 4 aromatic carbocycles. The van der Waals surface area contributed by atoms with Crippen molar-refractivity contribution in [3.8, 4) is 16.9 Å². The molecule has 1 atom stereocenters. The van der Waals surface area contributed by atoms with Crippen LogP contribution < -0.4 is 10.2 Å². The first-order valence-corrected chi connectivity index (χ1v) is 14.7. The zero-order valence-corrected chi connectivity index (χ0v) is 23.9. The van der Waals surface area contributed by atoms with E-state index in [4.69, 9.17) is 16.7 Å². The highest BCUT2D eigenvalue weighted by Gasteiger charge is 2.38. The van der Waals surface area contributed by atoms with E-state index in [2.05, 4.69) is 5.32 Å². The number of nitrogens with zero attached hydrogens (tertiary/aromatic N) is 3. The van der Waals surface area contributed by atoms with Crippen molar-refractivity contribution in [2.24, 2.45) is 0 Å². The number of hydrogen-bond donors (Lipinski definition) is 1. The van der Waals surface area contributed by atoms with E-state index in [9.17, 15) is 9.59 Å². The Labute approximate surface area is 248 Å². The summed E-state index contributed by atoms with van der Waals surface area (Å²) in [7, 11) is 0. The van der Waals surface area contributed by atoms with E-state index in [1.54, 1.807) is 9.58 Å². The van der Waals surface area contributed by atoms with Gasteiger partial charge in [0.1, 0.15) is 12.4 Å². The van der Waals surface area contributed by atoms with Crippen LogP contribution in [0.25, 0.3) is 16.9 Å². The van der Waals surface area contributed by atoms with Gasteiger partial charge in [0.05, 0.1) is 22.4 Å². The van der Waals surface area contributed by atoms with Crippen LogP contribution in [0.5, 0.6) is 0 Å². The van der Waals surface area contributed by atoms with Crippen molar-refractivity contribution in [3.63, 3.8) is 0 Å². The van der Waals surface area contributed by atoms with Gasteiger partial charge in [-0.1, -0.05) is 96.0 Å². The standard InChI is InChI=1S/C33H27ClN4O2S/c1-22-16-18-25(19-17-22)38-33-30(31(36-38)23-10-4-2-5-11-23)32(26-14-8-9-15-27(26)34)41-21-29(40)37(33)20-28(39)35-24-12-6-3-7-13-24/h2-19,32H,20-21H2,1H3,(H,35,39)/t32-/m1/s1. The van der Waals surface area contributed by atoms with Crippen molar-refractivity contribution in [2.45, 2.75) is 12.2 Å². The molecule has 5 aromatic rings. The van der Waals surface area contributed by atoms with Gasteiger partial charge >= 0.3 is 0 Å². The lowest BCUT2D eigenvalue weighted by molar-refractivity contribution is -0.120. The minimum Gasteiger partial charge on any atom is -0.325 e. The van der Waals surface area contributed by atoms with Crippen LogP contribution in [0.4, 0.5) is 11.5 Å². The second-order valence-electron chi connectivity index (χ2n) is 9.81. The molecule has 0 unspecified atom stereocenters. The zero-order valence-electron chi connectivity index (χ0n) is 22.3. The third-order valence-electron chi connectivity index (χ3n) is 6.96. The molecule has 41 heavy (non-hydrogen) atoms. The highest BCUT2D eigenvalue weighted by molar-refractivity contribution is 8.00. The van der Waals surface area contributed by atoms with Gasteiger partial charge in [0, 0.05) is 21.8 Å². The van der Waals surface area contributed by atoms with Gasteiger partial charge in [-0.2, -0.15) is 5.10 Å². The summed E-state index contributed by atoms with van der Waals surface area (Å²) in [6.45, 7) is 1.86. The summed E-state index contributed by atoms with van der Waals surface area (Å²) in [6.07, 6.45) is 0. The lowest BCUT2D eigenvalue weighted by atomic mass is 9.99. The number of benzene rings is 4. The normalized spacial score (nSPS) is 14.8. The number of hydrogen-bond acceptors (Lipinski definition) is 4. The Bertz CT molecular complexity index is 1710. The molecule has 0 fully saturated rings. The van der Waals surface area contributed by atoms with Crippen molar-refractivity contribution >= 4 is 46.7 Å². The Hall–Kier alpha value is -4.33. The van der Waals surface area contributed by atoms with Gasteiger partial charge in [0.2, 0.25) is 11.8 Å². The first kappa shape index (κ1) is 26.9. The van der Waals surface area contributed by atoms with Crippen molar-refractivity contribution < 1.29 is 9.59 Å². The van der Waals surface area contributed by atoms with Gasteiger partial charge in [-0.25, -0.2) is 4.68 Å². The molecule has 8 heteroatoms. The number of carbonyl (C=O) groups is 2. The maximum absolute atomic E-state index is 13.9. The number of rotatable bonds is 6. The molecular weight excluding hydrogens is 552 g/mol. The van der Waals surface area contributed by atoms with Crippen LogP contribution in [-0.2, 0) is 9.59 Å². The Kier molecular flexibility index (Phi) is 7.63. The summed E-state index contributed by atoms with van der Waals surface area (Å²) >= 11 is 8.26. The summed E-state index contributed by atoms with van der Waals surface area (Å²) in [4.78, 5) is 28.8. The van der Waals surface area contributed by atoms with E-state index in [1.807, 2.05) is 116 Å². The van der Waals surface area contributed by atoms with Crippen LogP contribution in [-0.4, -0.2) is 33.9 Å². The molecule has 0 saturated carbocycles. The average molecular weight is 579 g/mol. The van der Waals surface area contributed by atoms with E-state index in [1.165, 1.54) is 11.8 Å². The van der Waals surface area contributed by atoms with Crippen molar-refractivity contribution in [2.75, 3.05) is 22.5 Å². The van der Waals surface area contributed by atoms with Gasteiger partial charge in [-0.15, -0.1) is 11.8 Å². The maximum atomic E-state index is 13.9. The summed E-state index contributed by atoms with van der Waals surface area (Å²) < 4.78 is 1.79. The molecule has 1 aromatic heterocycles. The summed E-state index contributed by atoms with van der Waals surface area (Å²) in [5.41, 5.74) is 5.95. The van der Waals surface area contributed by atoms with Gasteiger partial charge in [-0.3, -0.25) is 14.5 Å². The van der Waals surface area contributed by atoms with E-state index < -0.39 is 0 Å². The first-order chi connectivity index (χ1) is 20.0. The third kappa shape index (κ3) is 5.51. The largest absolute Gasteiger partial charge is 0.325 e. The van der Waals surface area contributed by atoms with E-state index in [0.29, 0.717) is 16.5 Å². The highest BCUT2D eigenvalue weighted by Crippen LogP contribution is 2.49. The average Bonchev–Trinajstić information content (AvgIpc) is 3.32. The molecule has 1 aliphatic rings. The van der Waals surface area contributed by atoms with Crippen LogP contribution in [0, 0.1) is 6.92 Å². The number of aromatic nitrogens is 2. The predicted octanol–water partition coefficient (Wildman–Crippen LogP) is 7.31. The van der Waals surface area contributed by atoms with Crippen LogP contribution in [0.3, 0.4) is 0 Å². The smallest absolute Gasteiger partial charge is 0.244 e. The molecule has 2 heterocycles. The van der Waals surface area contributed by atoms with Gasteiger partial charge in [-0.05, 0) is 42.8 Å². The lowest BCUT2D eigenvalue weighted by Crippen LogP contribution is -2.40. The monoisotopic (exact) mass is 578 g/mol. The van der Waals surface area contributed by atoms with Gasteiger partial charge in [0.15, 0.2) is 0 Å². The number of thioether (sulfide) groups is 1. The molecule has 0 spiro atoms. The second kappa shape index (κ2) is 11.6. The Morgan fingerprint density at radius 2 is 1.59 bits per heavy atom. The summed E-state index contributed by atoms with van der Waals surface area (Å²) in [6, 6.07) is 34.8. The molecule has 6 rings (SSSR count).